The molecule has 0 amide bonds. The number of hydrogen-bond donors (Lipinski definition) is 1. The van der Waals surface area contributed by atoms with E-state index in [2.05, 4.69) is 0 Å². The second kappa shape index (κ2) is 10.8. The summed E-state index contributed by atoms with van der Waals surface area (Å²) in [6.45, 7) is 0.705. The van der Waals surface area contributed by atoms with E-state index < -0.39 is 5.92 Å². The second-order valence-corrected chi connectivity index (χ2v) is 5.63. The zero-order valence-electron chi connectivity index (χ0n) is 12.4. The van der Waals surface area contributed by atoms with Gasteiger partial charge in [-0.15, -0.1) is 0 Å². The molecule has 4 nitrogen and oxygen atoms in total. The molecule has 1 unspecified atom stereocenters. The third-order valence-corrected chi connectivity index (χ3v) is 3.89. The summed E-state index contributed by atoms with van der Waals surface area (Å²) < 4.78 is 5.17. The van der Waals surface area contributed by atoms with Crippen molar-refractivity contribution in [1.82, 2.24) is 0 Å². The van der Waals surface area contributed by atoms with Crippen LogP contribution in [0, 0.1) is 5.92 Å². The van der Waals surface area contributed by atoms with Gasteiger partial charge in [-0.2, -0.15) is 0 Å². The van der Waals surface area contributed by atoms with Crippen molar-refractivity contribution >= 4 is 11.8 Å². The first-order chi connectivity index (χ1) is 9.75. The van der Waals surface area contributed by atoms with Gasteiger partial charge in [0.25, 0.3) is 0 Å². The molecule has 0 saturated carbocycles. The predicted octanol–water partition coefficient (Wildman–Crippen LogP) is 3.01. The van der Waals surface area contributed by atoms with E-state index in [1.165, 1.54) is 0 Å². The van der Waals surface area contributed by atoms with Crippen molar-refractivity contribution in [2.75, 3.05) is 13.2 Å². The number of ketones is 1. The Morgan fingerprint density at radius 2 is 1.75 bits per heavy atom. The van der Waals surface area contributed by atoms with Gasteiger partial charge in [-0.05, 0) is 25.7 Å². The second-order valence-electron chi connectivity index (χ2n) is 5.63. The third kappa shape index (κ3) is 7.04. The molecule has 116 valence electrons. The van der Waals surface area contributed by atoms with E-state index in [4.69, 9.17) is 9.84 Å². The fourth-order valence-corrected chi connectivity index (χ4v) is 2.60. The normalized spacial score (nSPS) is 20.6. The van der Waals surface area contributed by atoms with Crippen LogP contribution in [0.5, 0.6) is 0 Å². The number of unbranched alkanes of at least 4 members (excludes halogenated alkanes) is 4. The molecule has 4 heteroatoms. The first kappa shape index (κ1) is 17.2. The zero-order chi connectivity index (χ0) is 14.6. The lowest BCUT2D eigenvalue weighted by molar-refractivity contribution is -0.152. The fraction of sp³-hybridized carbons (Fsp3) is 0.875. The highest BCUT2D eigenvalue weighted by Crippen LogP contribution is 2.19. The average Bonchev–Trinajstić information content (AvgIpc) is 2.54. The van der Waals surface area contributed by atoms with Gasteiger partial charge in [-0.1, -0.05) is 38.5 Å². The Balaban J connectivity index is 2.25. The highest BCUT2D eigenvalue weighted by atomic mass is 16.5. The van der Waals surface area contributed by atoms with Crippen molar-refractivity contribution in [2.45, 2.75) is 70.6 Å². The summed E-state index contributed by atoms with van der Waals surface area (Å²) in [7, 11) is 0. The molecule has 0 aliphatic carbocycles. The van der Waals surface area contributed by atoms with E-state index in [0.29, 0.717) is 19.4 Å². The van der Waals surface area contributed by atoms with Gasteiger partial charge >= 0.3 is 5.97 Å². The SMILES string of the molecule is O=C(CCCCCCCO)C1CCCCCCOC1=O. The number of aliphatic hydroxyl groups excluding tert-OH is 1. The van der Waals surface area contributed by atoms with Crippen LogP contribution in [0.3, 0.4) is 0 Å². The number of hydrogen-bond acceptors (Lipinski definition) is 4. The first-order valence-electron chi connectivity index (χ1n) is 8.06. The number of rotatable bonds is 8. The molecule has 0 aromatic heterocycles. The van der Waals surface area contributed by atoms with Gasteiger partial charge in [-0.3, -0.25) is 9.59 Å². The monoisotopic (exact) mass is 284 g/mol. The molecular weight excluding hydrogens is 256 g/mol. The summed E-state index contributed by atoms with van der Waals surface area (Å²) in [5.74, 6) is -0.776. The van der Waals surface area contributed by atoms with E-state index in [1.54, 1.807) is 0 Å². The number of cyclic esters (lactones) is 1. The maximum Gasteiger partial charge on any atom is 0.316 e. The van der Waals surface area contributed by atoms with E-state index in [-0.39, 0.29) is 18.4 Å². The lowest BCUT2D eigenvalue weighted by Gasteiger charge is -2.13. The largest absolute Gasteiger partial charge is 0.465 e. The lowest BCUT2D eigenvalue weighted by atomic mass is 9.93. The molecule has 0 aromatic rings. The maximum atomic E-state index is 12.1. The molecular formula is C16H28O4. The Morgan fingerprint density at radius 3 is 2.55 bits per heavy atom. The van der Waals surface area contributed by atoms with Gasteiger partial charge in [0.15, 0.2) is 0 Å². The standard InChI is InChI=1S/C16H28O4/c17-12-8-4-1-2-7-11-15(18)14-10-6-3-5-9-13-20-16(14)19/h14,17H,1-13H2. The molecule has 1 heterocycles. The first-order valence-corrected chi connectivity index (χ1v) is 8.06. The molecule has 0 bridgehead atoms. The molecule has 1 N–H and O–H groups in total. The number of ether oxygens (including phenoxy) is 1. The molecule has 1 rings (SSSR count). The van der Waals surface area contributed by atoms with Gasteiger partial charge in [-0.25, -0.2) is 0 Å². The van der Waals surface area contributed by atoms with Crippen molar-refractivity contribution in [1.29, 1.82) is 0 Å². The van der Waals surface area contributed by atoms with Gasteiger partial charge in [0.05, 0.1) is 6.61 Å². The van der Waals surface area contributed by atoms with Crippen molar-refractivity contribution in [3.8, 4) is 0 Å². The summed E-state index contributed by atoms with van der Waals surface area (Å²) in [5, 5.41) is 8.68. The Kier molecular flexibility index (Phi) is 9.29. The molecule has 1 aliphatic heterocycles. The van der Waals surface area contributed by atoms with Crippen LogP contribution in [0.2, 0.25) is 0 Å². The third-order valence-electron chi connectivity index (χ3n) is 3.89. The minimum Gasteiger partial charge on any atom is -0.465 e. The minimum atomic E-state index is -0.523. The number of Topliss-reactive ketones (excluding diaryl/α,β-unsaturated/α-hetero) is 1. The molecule has 0 radical (unpaired) electrons. The Labute approximate surface area is 121 Å². The molecule has 1 aliphatic rings. The molecule has 1 fully saturated rings. The molecule has 1 saturated heterocycles. The van der Waals surface area contributed by atoms with Crippen LogP contribution in [0.15, 0.2) is 0 Å². The van der Waals surface area contributed by atoms with Crippen molar-refractivity contribution in [3.63, 3.8) is 0 Å². The average molecular weight is 284 g/mol. The summed E-state index contributed by atoms with van der Waals surface area (Å²) in [6, 6.07) is 0. The van der Waals surface area contributed by atoms with Crippen LogP contribution in [-0.4, -0.2) is 30.1 Å². The van der Waals surface area contributed by atoms with Crippen molar-refractivity contribution in [3.05, 3.63) is 0 Å². The van der Waals surface area contributed by atoms with Crippen LogP contribution in [0.25, 0.3) is 0 Å². The topological polar surface area (TPSA) is 63.6 Å². The summed E-state index contributed by atoms with van der Waals surface area (Å²) in [6.07, 6.45) is 9.89. The highest BCUT2D eigenvalue weighted by molar-refractivity contribution is 5.98. The summed E-state index contributed by atoms with van der Waals surface area (Å²) >= 11 is 0. The molecule has 1 atom stereocenters. The van der Waals surface area contributed by atoms with Gasteiger partial charge in [0, 0.05) is 13.0 Å². The van der Waals surface area contributed by atoms with Gasteiger partial charge in [0.2, 0.25) is 0 Å². The lowest BCUT2D eigenvalue weighted by Crippen LogP contribution is -2.26. The Bertz CT molecular complexity index is 288. The number of esters is 1. The van der Waals surface area contributed by atoms with Crippen molar-refractivity contribution < 1.29 is 19.4 Å². The van der Waals surface area contributed by atoms with Crippen LogP contribution >= 0.6 is 0 Å². The summed E-state index contributed by atoms with van der Waals surface area (Å²) in [4.78, 5) is 24.0. The van der Waals surface area contributed by atoms with Gasteiger partial charge in [0.1, 0.15) is 11.7 Å². The van der Waals surface area contributed by atoms with E-state index >= 15 is 0 Å². The summed E-state index contributed by atoms with van der Waals surface area (Å²) in [5.41, 5.74) is 0. The highest BCUT2D eigenvalue weighted by Gasteiger charge is 2.27. The smallest absolute Gasteiger partial charge is 0.316 e. The Morgan fingerprint density at radius 1 is 1.05 bits per heavy atom. The minimum absolute atomic E-state index is 0.0547. The van der Waals surface area contributed by atoms with Crippen LogP contribution in [0.1, 0.15) is 70.6 Å². The van der Waals surface area contributed by atoms with Crippen molar-refractivity contribution in [2.24, 2.45) is 5.92 Å². The van der Waals surface area contributed by atoms with E-state index in [9.17, 15) is 9.59 Å². The quantitative estimate of drug-likeness (QED) is 0.423. The number of aliphatic hydroxyl groups is 1. The number of carbonyl (C=O) groups excluding carboxylic acids is 2. The molecule has 0 aromatic carbocycles. The van der Waals surface area contributed by atoms with Gasteiger partial charge < -0.3 is 9.84 Å². The van der Waals surface area contributed by atoms with Crippen LogP contribution in [0.4, 0.5) is 0 Å². The molecule has 20 heavy (non-hydrogen) atoms. The maximum absolute atomic E-state index is 12.1. The van der Waals surface area contributed by atoms with Crippen LogP contribution in [-0.2, 0) is 14.3 Å². The van der Waals surface area contributed by atoms with E-state index in [1.807, 2.05) is 0 Å². The van der Waals surface area contributed by atoms with E-state index in [0.717, 1.165) is 57.8 Å². The van der Waals surface area contributed by atoms with Crippen LogP contribution < -0.4 is 0 Å². The Hall–Kier alpha value is -0.900. The fourth-order valence-electron chi connectivity index (χ4n) is 2.60. The molecule has 0 spiro atoms. The predicted molar refractivity (Wildman–Crippen MR) is 77.3 cm³/mol. The number of carbonyl (C=O) groups is 2. The zero-order valence-corrected chi connectivity index (χ0v) is 12.4.